The maximum absolute atomic E-state index is 5.79. The molecule has 1 aliphatic rings. The number of benzene rings is 2. The first-order valence-electron chi connectivity index (χ1n) is 8.29. The summed E-state index contributed by atoms with van der Waals surface area (Å²) in [6, 6.07) is 13.5. The highest BCUT2D eigenvalue weighted by Gasteiger charge is 2.09. The lowest BCUT2D eigenvalue weighted by atomic mass is 10.2. The predicted molar refractivity (Wildman–Crippen MR) is 103 cm³/mol. The second-order valence-corrected chi connectivity index (χ2v) is 5.59. The first-order valence-corrected chi connectivity index (χ1v) is 8.29. The maximum atomic E-state index is 5.79. The van der Waals surface area contributed by atoms with Crippen LogP contribution in [0.5, 0.6) is 11.5 Å². The standard InChI is InChI=1S/C21H17N3O2/c1-2-6-12-25-16-10-11-18-17(14-16)21(23-15-22-18)24-19-8-4-5-9-20(19)26-13-7-3-1/h1-11,13-15H,12H2,(H,22,23,24)/b3-1-,6-2-,13-7-. The van der Waals surface area contributed by atoms with Gasteiger partial charge in [-0.2, -0.15) is 0 Å². The Kier molecular flexibility index (Phi) is 4.60. The van der Waals surface area contributed by atoms with Crippen molar-refractivity contribution in [1.82, 2.24) is 9.97 Å². The van der Waals surface area contributed by atoms with E-state index in [2.05, 4.69) is 15.3 Å². The quantitative estimate of drug-likeness (QED) is 0.637. The zero-order valence-corrected chi connectivity index (χ0v) is 14.0. The van der Waals surface area contributed by atoms with E-state index >= 15 is 0 Å². The summed E-state index contributed by atoms with van der Waals surface area (Å²) in [6.45, 7) is 0.481. The lowest BCUT2D eigenvalue weighted by Crippen LogP contribution is -1.99. The molecule has 2 bridgehead atoms. The molecule has 1 N–H and O–H groups in total. The molecule has 2 heterocycles. The molecule has 0 atom stereocenters. The molecule has 4 rings (SSSR count). The minimum absolute atomic E-state index is 0.481. The molecule has 5 nitrogen and oxygen atoms in total. The monoisotopic (exact) mass is 343 g/mol. The zero-order valence-electron chi connectivity index (χ0n) is 14.0. The van der Waals surface area contributed by atoms with Gasteiger partial charge in [0, 0.05) is 5.39 Å². The SMILES string of the molecule is C1=C\C=C/Oc2ccccc2Nc2ncnc3ccc(cc23)OC\C=C/1. The van der Waals surface area contributed by atoms with Crippen molar-refractivity contribution < 1.29 is 9.47 Å². The molecule has 0 fully saturated rings. The van der Waals surface area contributed by atoms with Crippen LogP contribution >= 0.6 is 0 Å². The van der Waals surface area contributed by atoms with Crippen molar-refractivity contribution in [3.05, 3.63) is 85.4 Å². The summed E-state index contributed by atoms with van der Waals surface area (Å²) in [5.74, 6) is 2.17. The van der Waals surface area contributed by atoms with Crippen LogP contribution in [-0.2, 0) is 0 Å². The van der Waals surface area contributed by atoms with Crippen LogP contribution in [0.25, 0.3) is 10.9 Å². The molecule has 3 aromatic rings. The average Bonchev–Trinajstić information content (AvgIpc) is 2.67. The lowest BCUT2D eigenvalue weighted by molar-refractivity contribution is 0.363. The normalized spacial score (nSPS) is 17.4. The molecule has 2 aromatic carbocycles. The highest BCUT2D eigenvalue weighted by molar-refractivity contribution is 5.92. The molecule has 1 aliphatic heterocycles. The summed E-state index contributed by atoms with van der Waals surface area (Å²) in [5, 5.41) is 4.22. The summed E-state index contributed by atoms with van der Waals surface area (Å²) in [7, 11) is 0. The molecule has 0 saturated heterocycles. The molecule has 26 heavy (non-hydrogen) atoms. The van der Waals surface area contributed by atoms with Gasteiger partial charge < -0.3 is 14.8 Å². The molecular formula is C21H17N3O2. The number of hydrogen-bond donors (Lipinski definition) is 1. The van der Waals surface area contributed by atoms with E-state index < -0.39 is 0 Å². The van der Waals surface area contributed by atoms with Crippen LogP contribution in [0.1, 0.15) is 0 Å². The molecule has 1 aromatic heterocycles. The number of nitrogens with one attached hydrogen (secondary N) is 1. The van der Waals surface area contributed by atoms with Crippen molar-refractivity contribution in [2.45, 2.75) is 0 Å². The Bertz CT molecular complexity index is 1010. The predicted octanol–water partition coefficient (Wildman–Crippen LogP) is 4.77. The van der Waals surface area contributed by atoms with Gasteiger partial charge in [0.1, 0.15) is 30.3 Å². The first kappa shape index (κ1) is 15.9. The van der Waals surface area contributed by atoms with E-state index in [1.54, 1.807) is 12.6 Å². The Balaban J connectivity index is 1.80. The number of rotatable bonds is 0. The first-order chi connectivity index (χ1) is 12.9. The third kappa shape index (κ3) is 3.57. The molecule has 5 heteroatoms. The highest BCUT2D eigenvalue weighted by atomic mass is 16.5. The van der Waals surface area contributed by atoms with Gasteiger partial charge in [0.05, 0.1) is 17.5 Å². The summed E-state index contributed by atoms with van der Waals surface area (Å²) in [5.41, 5.74) is 1.66. The van der Waals surface area contributed by atoms with Gasteiger partial charge in [0.25, 0.3) is 0 Å². The summed E-state index contributed by atoms with van der Waals surface area (Å²) >= 11 is 0. The van der Waals surface area contributed by atoms with Gasteiger partial charge in [-0.1, -0.05) is 30.4 Å². The van der Waals surface area contributed by atoms with Gasteiger partial charge in [-0.05, 0) is 42.5 Å². The van der Waals surface area contributed by atoms with E-state index in [1.165, 1.54) is 0 Å². The molecule has 128 valence electrons. The fraction of sp³-hybridized carbons (Fsp3) is 0.0476. The largest absolute Gasteiger partial charge is 0.490 e. The van der Waals surface area contributed by atoms with E-state index in [-0.39, 0.29) is 0 Å². The van der Waals surface area contributed by atoms with Crippen molar-refractivity contribution in [2.75, 3.05) is 11.9 Å². The van der Waals surface area contributed by atoms with Crippen molar-refractivity contribution >= 4 is 22.4 Å². The molecule has 0 saturated carbocycles. The van der Waals surface area contributed by atoms with Crippen molar-refractivity contribution in [1.29, 1.82) is 0 Å². The van der Waals surface area contributed by atoms with E-state index in [4.69, 9.17) is 9.47 Å². The fourth-order valence-electron chi connectivity index (χ4n) is 2.59. The number of allylic oxidation sites excluding steroid dienone is 4. The number of nitrogens with zero attached hydrogens (tertiary/aromatic N) is 2. The Morgan fingerprint density at radius 3 is 2.85 bits per heavy atom. The molecular weight excluding hydrogens is 326 g/mol. The lowest BCUT2D eigenvalue weighted by Gasteiger charge is -2.12. The summed E-state index contributed by atoms with van der Waals surface area (Å²) < 4.78 is 11.5. The second-order valence-electron chi connectivity index (χ2n) is 5.59. The van der Waals surface area contributed by atoms with Crippen molar-refractivity contribution in [3.63, 3.8) is 0 Å². The van der Waals surface area contributed by atoms with Gasteiger partial charge in [-0.3, -0.25) is 0 Å². The van der Waals surface area contributed by atoms with Crippen molar-refractivity contribution in [3.8, 4) is 11.5 Å². The van der Waals surface area contributed by atoms with E-state index in [1.807, 2.05) is 72.8 Å². The number of aromatic nitrogens is 2. The third-order valence-electron chi connectivity index (χ3n) is 3.84. The van der Waals surface area contributed by atoms with Gasteiger partial charge in [0.2, 0.25) is 0 Å². The van der Waals surface area contributed by atoms with Crippen LogP contribution in [0.4, 0.5) is 11.5 Å². The Morgan fingerprint density at radius 2 is 1.85 bits per heavy atom. The van der Waals surface area contributed by atoms with E-state index in [9.17, 15) is 0 Å². The number of hydrogen-bond acceptors (Lipinski definition) is 5. The molecule has 0 unspecified atom stereocenters. The fourth-order valence-corrected chi connectivity index (χ4v) is 2.59. The Hall–Kier alpha value is -3.60. The molecule has 0 spiro atoms. The van der Waals surface area contributed by atoms with Gasteiger partial charge in [-0.25, -0.2) is 9.97 Å². The topological polar surface area (TPSA) is 56.3 Å². The smallest absolute Gasteiger partial charge is 0.149 e. The van der Waals surface area contributed by atoms with Gasteiger partial charge >= 0.3 is 0 Å². The van der Waals surface area contributed by atoms with Gasteiger partial charge in [0.15, 0.2) is 0 Å². The zero-order chi connectivity index (χ0) is 17.6. The molecule has 0 aliphatic carbocycles. The Labute approximate surface area is 151 Å². The molecule has 0 amide bonds. The number of fused-ring (bicyclic) bond motifs is 2. The summed E-state index contributed by atoms with van der Waals surface area (Å²) in [4.78, 5) is 8.73. The van der Waals surface area contributed by atoms with Crippen molar-refractivity contribution in [2.24, 2.45) is 0 Å². The minimum atomic E-state index is 0.481. The number of para-hydroxylation sites is 2. The van der Waals surface area contributed by atoms with Crippen LogP contribution in [-0.4, -0.2) is 16.6 Å². The van der Waals surface area contributed by atoms with Gasteiger partial charge in [-0.15, -0.1) is 0 Å². The number of anilines is 2. The molecule has 0 radical (unpaired) electrons. The average molecular weight is 343 g/mol. The van der Waals surface area contributed by atoms with Crippen LogP contribution in [0.2, 0.25) is 0 Å². The highest BCUT2D eigenvalue weighted by Crippen LogP contribution is 2.31. The van der Waals surface area contributed by atoms with Crippen LogP contribution in [0.3, 0.4) is 0 Å². The summed E-state index contributed by atoms with van der Waals surface area (Å²) in [6.07, 6.45) is 12.7. The van der Waals surface area contributed by atoms with Crippen LogP contribution in [0, 0.1) is 0 Å². The second kappa shape index (κ2) is 7.53. The van der Waals surface area contributed by atoms with E-state index in [0.29, 0.717) is 18.2 Å². The van der Waals surface area contributed by atoms with Crippen LogP contribution in [0.15, 0.2) is 85.4 Å². The van der Waals surface area contributed by atoms with Crippen LogP contribution < -0.4 is 14.8 Å². The number of ether oxygens (including phenoxy) is 2. The Morgan fingerprint density at radius 1 is 0.923 bits per heavy atom. The maximum Gasteiger partial charge on any atom is 0.149 e. The third-order valence-corrected chi connectivity index (χ3v) is 3.84. The van der Waals surface area contributed by atoms with E-state index in [0.717, 1.165) is 22.3 Å². The minimum Gasteiger partial charge on any atom is -0.490 e.